The van der Waals surface area contributed by atoms with Crippen molar-refractivity contribution in [1.29, 1.82) is 0 Å². The smallest absolute Gasteiger partial charge is 0.418 e. The van der Waals surface area contributed by atoms with E-state index in [0.717, 1.165) is 6.07 Å². The van der Waals surface area contributed by atoms with Gasteiger partial charge in [-0.2, -0.15) is 13.2 Å². The summed E-state index contributed by atoms with van der Waals surface area (Å²) in [5, 5.41) is 10.9. The molecule has 174 valence electrons. The van der Waals surface area contributed by atoms with Gasteiger partial charge in [-0.25, -0.2) is 9.37 Å². The maximum absolute atomic E-state index is 13.9. The zero-order chi connectivity index (χ0) is 23.7. The summed E-state index contributed by atoms with van der Waals surface area (Å²) in [6.07, 6.45) is -2.50. The zero-order valence-electron chi connectivity index (χ0n) is 18.3. The number of anilines is 1. The van der Waals surface area contributed by atoms with Crippen LogP contribution < -0.4 is 5.32 Å². The van der Waals surface area contributed by atoms with Gasteiger partial charge in [0.05, 0.1) is 11.1 Å². The van der Waals surface area contributed by atoms with Gasteiger partial charge in [0, 0.05) is 19.0 Å². The van der Waals surface area contributed by atoms with E-state index in [0.29, 0.717) is 44.1 Å². The van der Waals surface area contributed by atoms with Crippen LogP contribution in [0.15, 0.2) is 12.1 Å². The molecule has 0 aliphatic heterocycles. The van der Waals surface area contributed by atoms with Crippen molar-refractivity contribution in [2.24, 2.45) is 0 Å². The Labute approximate surface area is 182 Å². The van der Waals surface area contributed by atoms with Crippen LogP contribution in [0.3, 0.4) is 0 Å². The molecule has 0 radical (unpaired) electrons. The van der Waals surface area contributed by atoms with Crippen LogP contribution in [0.4, 0.5) is 23.4 Å². The number of aromatic nitrogens is 4. The van der Waals surface area contributed by atoms with Crippen LogP contribution in [-0.2, 0) is 15.7 Å². The summed E-state index contributed by atoms with van der Waals surface area (Å²) in [6, 6.07) is 1.42. The van der Waals surface area contributed by atoms with Crippen molar-refractivity contribution in [1.82, 2.24) is 19.6 Å². The summed E-state index contributed by atoms with van der Waals surface area (Å²) in [5.74, 6) is -0.852. The average molecular weight is 455 g/mol. The van der Waals surface area contributed by atoms with Crippen LogP contribution in [0.1, 0.15) is 57.8 Å². The number of nitrogens with one attached hydrogen (secondary N) is 1. The third-order valence-electron chi connectivity index (χ3n) is 4.63. The molecule has 0 fully saturated rings. The predicted octanol–water partition coefficient (Wildman–Crippen LogP) is 5.06. The lowest BCUT2D eigenvalue weighted by Crippen LogP contribution is -2.23. The number of nitrogens with zero attached hydrogens (tertiary/aromatic N) is 4. The number of alkyl halides is 3. The lowest BCUT2D eigenvalue weighted by Gasteiger charge is -2.19. The number of hydrogen-bond donors (Lipinski definition) is 1. The molecule has 0 bridgehead atoms. The van der Waals surface area contributed by atoms with Crippen molar-refractivity contribution in [3.05, 3.63) is 29.3 Å². The average Bonchev–Trinajstić information content (AvgIpc) is 3.04. The maximum atomic E-state index is 13.9. The minimum absolute atomic E-state index is 0.0577. The number of ether oxygens (including phenoxy) is 1. The molecule has 11 heteroatoms. The summed E-state index contributed by atoms with van der Waals surface area (Å²) >= 11 is 0. The van der Waals surface area contributed by atoms with E-state index >= 15 is 0 Å². The standard InChI is InChI=1S/C21H25F4N5O2/c1-12-28-29-19-18(26-9-7-5-6-8-16(31)32-20(2,3)4)27-17-14(21(23,24)25)10-13(22)11-15(17)30(12)19/h10-11H,5-9H2,1-4H3,(H,26,27). The van der Waals surface area contributed by atoms with E-state index in [9.17, 15) is 22.4 Å². The highest BCUT2D eigenvalue weighted by Crippen LogP contribution is 2.36. The van der Waals surface area contributed by atoms with Gasteiger partial charge in [-0.05, 0) is 46.6 Å². The highest BCUT2D eigenvalue weighted by Gasteiger charge is 2.35. The monoisotopic (exact) mass is 455 g/mol. The second kappa shape index (κ2) is 8.87. The van der Waals surface area contributed by atoms with Crippen molar-refractivity contribution >= 4 is 28.5 Å². The summed E-state index contributed by atoms with van der Waals surface area (Å²) < 4.78 is 61.1. The van der Waals surface area contributed by atoms with Crippen LogP contribution in [0.2, 0.25) is 0 Å². The molecule has 2 aromatic heterocycles. The van der Waals surface area contributed by atoms with E-state index in [4.69, 9.17) is 4.74 Å². The van der Waals surface area contributed by atoms with Crippen LogP contribution in [0.5, 0.6) is 0 Å². The number of benzene rings is 1. The minimum Gasteiger partial charge on any atom is -0.460 e. The van der Waals surface area contributed by atoms with Crippen LogP contribution in [0.25, 0.3) is 16.7 Å². The lowest BCUT2D eigenvalue weighted by atomic mass is 10.1. The Morgan fingerprint density at radius 2 is 1.84 bits per heavy atom. The first-order valence-electron chi connectivity index (χ1n) is 10.2. The van der Waals surface area contributed by atoms with E-state index in [1.54, 1.807) is 27.7 Å². The molecule has 3 rings (SSSR count). The van der Waals surface area contributed by atoms with Crippen molar-refractivity contribution in [2.45, 2.75) is 65.2 Å². The number of aryl methyl sites for hydroxylation is 1. The Morgan fingerprint density at radius 3 is 2.50 bits per heavy atom. The molecule has 32 heavy (non-hydrogen) atoms. The number of halogens is 4. The third kappa shape index (κ3) is 5.43. The zero-order valence-corrected chi connectivity index (χ0v) is 18.3. The quantitative estimate of drug-likeness (QED) is 0.305. The van der Waals surface area contributed by atoms with Crippen LogP contribution >= 0.6 is 0 Å². The molecule has 1 N–H and O–H groups in total. The number of carbonyl (C=O) groups is 1. The molecule has 0 unspecified atom stereocenters. The van der Waals surface area contributed by atoms with E-state index in [-0.39, 0.29) is 28.5 Å². The van der Waals surface area contributed by atoms with Gasteiger partial charge in [0.1, 0.15) is 22.8 Å². The summed E-state index contributed by atoms with van der Waals surface area (Å²) in [4.78, 5) is 15.9. The number of unbranched alkanes of at least 4 members (excludes halogenated alkanes) is 2. The normalized spacial score (nSPS) is 12.5. The molecular formula is C21H25F4N5O2. The van der Waals surface area contributed by atoms with E-state index in [1.165, 1.54) is 4.40 Å². The Kier molecular flexibility index (Phi) is 6.56. The lowest BCUT2D eigenvalue weighted by molar-refractivity contribution is -0.155. The second-order valence-corrected chi connectivity index (χ2v) is 8.51. The first kappa shape index (κ1) is 23.7. The van der Waals surface area contributed by atoms with Gasteiger partial charge < -0.3 is 10.1 Å². The van der Waals surface area contributed by atoms with Gasteiger partial charge >= 0.3 is 12.1 Å². The fourth-order valence-electron chi connectivity index (χ4n) is 3.34. The SMILES string of the molecule is Cc1nnc2c(NCCCCCC(=O)OC(C)(C)C)nc3c(C(F)(F)F)cc(F)cc3n12. The largest absolute Gasteiger partial charge is 0.460 e. The fourth-order valence-corrected chi connectivity index (χ4v) is 3.34. The molecule has 7 nitrogen and oxygen atoms in total. The molecule has 0 aliphatic rings. The van der Waals surface area contributed by atoms with Gasteiger partial charge in [-0.15, -0.1) is 10.2 Å². The van der Waals surface area contributed by atoms with Crippen molar-refractivity contribution in [2.75, 3.05) is 11.9 Å². The Hall–Kier alpha value is -2.98. The predicted molar refractivity (Wildman–Crippen MR) is 111 cm³/mol. The minimum atomic E-state index is -4.78. The third-order valence-corrected chi connectivity index (χ3v) is 4.63. The van der Waals surface area contributed by atoms with E-state index in [2.05, 4.69) is 20.5 Å². The van der Waals surface area contributed by atoms with Gasteiger partial charge in [0.15, 0.2) is 5.82 Å². The van der Waals surface area contributed by atoms with E-state index < -0.39 is 23.2 Å². The highest BCUT2D eigenvalue weighted by molar-refractivity contribution is 5.86. The van der Waals surface area contributed by atoms with Gasteiger partial charge in [0.2, 0.25) is 5.65 Å². The maximum Gasteiger partial charge on any atom is 0.418 e. The Morgan fingerprint density at radius 1 is 1.12 bits per heavy atom. The molecule has 0 spiro atoms. The summed E-state index contributed by atoms with van der Waals surface area (Å²) in [5.41, 5.74) is -1.93. The van der Waals surface area contributed by atoms with Crippen molar-refractivity contribution < 1.29 is 27.1 Å². The second-order valence-electron chi connectivity index (χ2n) is 8.51. The topological polar surface area (TPSA) is 81.4 Å². The number of rotatable bonds is 7. The van der Waals surface area contributed by atoms with Crippen molar-refractivity contribution in [3.8, 4) is 0 Å². The van der Waals surface area contributed by atoms with Crippen LogP contribution in [-0.4, -0.2) is 37.7 Å². The highest BCUT2D eigenvalue weighted by atomic mass is 19.4. The molecule has 3 aromatic rings. The van der Waals surface area contributed by atoms with Gasteiger partial charge in [0.25, 0.3) is 0 Å². The molecule has 0 saturated carbocycles. The molecule has 0 amide bonds. The number of fused-ring (bicyclic) bond motifs is 3. The van der Waals surface area contributed by atoms with Crippen molar-refractivity contribution in [3.63, 3.8) is 0 Å². The molecule has 2 heterocycles. The number of carbonyl (C=O) groups excluding carboxylic acids is 1. The van der Waals surface area contributed by atoms with E-state index in [1.807, 2.05) is 0 Å². The number of hydrogen-bond acceptors (Lipinski definition) is 6. The Balaban J connectivity index is 1.76. The fraction of sp³-hybridized carbons (Fsp3) is 0.524. The number of esters is 1. The summed E-state index contributed by atoms with van der Waals surface area (Å²) in [7, 11) is 0. The first-order valence-corrected chi connectivity index (χ1v) is 10.2. The Bertz CT molecular complexity index is 1140. The van der Waals surface area contributed by atoms with Crippen LogP contribution in [0, 0.1) is 12.7 Å². The molecule has 0 saturated heterocycles. The molecule has 0 atom stereocenters. The summed E-state index contributed by atoms with van der Waals surface area (Å²) in [6.45, 7) is 7.37. The van der Waals surface area contributed by atoms with Gasteiger partial charge in [-0.1, -0.05) is 6.42 Å². The first-order chi connectivity index (χ1) is 14.9. The molecule has 0 aliphatic carbocycles. The molecule has 1 aromatic carbocycles. The van der Waals surface area contributed by atoms with Gasteiger partial charge in [-0.3, -0.25) is 9.20 Å². The molecular weight excluding hydrogens is 430 g/mol.